The largest absolute Gasteiger partial charge is 0.311 e. The lowest BCUT2D eigenvalue weighted by molar-refractivity contribution is 0.0954. The molecule has 1 fully saturated rings. The van der Waals surface area contributed by atoms with Gasteiger partial charge >= 0.3 is 0 Å². The molecule has 1 aromatic rings. The lowest BCUT2D eigenvalue weighted by atomic mass is 9.98. The highest BCUT2D eigenvalue weighted by molar-refractivity contribution is 5.18. The van der Waals surface area contributed by atoms with Crippen molar-refractivity contribution < 1.29 is 8.78 Å². The van der Waals surface area contributed by atoms with Crippen molar-refractivity contribution in [3.05, 3.63) is 35.4 Å². The first-order chi connectivity index (χ1) is 8.97. The fourth-order valence-corrected chi connectivity index (χ4v) is 2.71. The van der Waals surface area contributed by atoms with E-state index >= 15 is 0 Å². The minimum Gasteiger partial charge on any atom is -0.311 e. The van der Waals surface area contributed by atoms with Gasteiger partial charge in [-0.15, -0.1) is 0 Å². The van der Waals surface area contributed by atoms with Crippen LogP contribution in [0.3, 0.4) is 0 Å². The fourth-order valence-electron chi connectivity index (χ4n) is 2.71. The van der Waals surface area contributed by atoms with Crippen molar-refractivity contribution in [2.24, 2.45) is 5.92 Å². The summed E-state index contributed by atoms with van der Waals surface area (Å²) >= 11 is 0. The maximum atomic E-state index is 13.3. The van der Waals surface area contributed by atoms with Gasteiger partial charge in [0.05, 0.1) is 0 Å². The van der Waals surface area contributed by atoms with Crippen molar-refractivity contribution in [3.8, 4) is 0 Å². The first-order valence-electron chi connectivity index (χ1n) is 6.88. The Morgan fingerprint density at radius 3 is 2.68 bits per heavy atom. The van der Waals surface area contributed by atoms with E-state index in [0.29, 0.717) is 24.5 Å². The second kappa shape index (κ2) is 5.97. The summed E-state index contributed by atoms with van der Waals surface area (Å²) < 4.78 is 26.2. The Morgan fingerprint density at radius 1 is 1.32 bits per heavy atom. The number of nitrogens with zero attached hydrogens (tertiary/aromatic N) is 1. The smallest absolute Gasteiger partial charge is 0.159 e. The van der Waals surface area contributed by atoms with E-state index in [1.807, 2.05) is 0 Å². The molecule has 0 amide bonds. The maximum absolute atomic E-state index is 13.3. The summed E-state index contributed by atoms with van der Waals surface area (Å²) in [6, 6.07) is 5.05. The van der Waals surface area contributed by atoms with Crippen LogP contribution >= 0.6 is 0 Å². The minimum atomic E-state index is -0.780. The molecular formula is C15H22F2N2. The van der Waals surface area contributed by atoms with Crippen molar-refractivity contribution in [2.45, 2.75) is 39.4 Å². The Morgan fingerprint density at radius 2 is 2.05 bits per heavy atom. The normalized spacial score (nSPS) is 24.9. The summed E-state index contributed by atoms with van der Waals surface area (Å²) in [5.41, 5.74) is 0.832. The molecule has 2 atom stereocenters. The van der Waals surface area contributed by atoms with E-state index in [-0.39, 0.29) is 0 Å². The van der Waals surface area contributed by atoms with E-state index in [1.165, 1.54) is 12.1 Å². The Bertz CT molecular complexity index is 434. The van der Waals surface area contributed by atoms with Crippen molar-refractivity contribution in [3.63, 3.8) is 0 Å². The van der Waals surface area contributed by atoms with E-state index in [2.05, 4.69) is 31.0 Å². The van der Waals surface area contributed by atoms with Crippen LogP contribution in [0.5, 0.6) is 0 Å². The Balaban J connectivity index is 2.11. The van der Waals surface area contributed by atoms with Crippen molar-refractivity contribution in [1.29, 1.82) is 0 Å². The molecule has 0 bridgehead atoms. The van der Waals surface area contributed by atoms with Crippen LogP contribution in [0.25, 0.3) is 0 Å². The quantitative estimate of drug-likeness (QED) is 0.907. The summed E-state index contributed by atoms with van der Waals surface area (Å²) in [5, 5.41) is 3.47. The molecule has 0 aromatic heterocycles. The highest BCUT2D eigenvalue weighted by Gasteiger charge is 2.27. The number of benzene rings is 1. The van der Waals surface area contributed by atoms with Gasteiger partial charge in [0.2, 0.25) is 0 Å². The van der Waals surface area contributed by atoms with Gasteiger partial charge in [-0.3, -0.25) is 4.90 Å². The number of nitrogens with one attached hydrogen (secondary N) is 1. The second-order valence-electron chi connectivity index (χ2n) is 5.80. The zero-order valence-electron chi connectivity index (χ0n) is 11.8. The highest BCUT2D eigenvalue weighted by Crippen LogP contribution is 2.19. The first-order valence-corrected chi connectivity index (χ1v) is 6.88. The van der Waals surface area contributed by atoms with Gasteiger partial charge in [-0.2, -0.15) is 0 Å². The molecular weight excluding hydrogens is 246 g/mol. The third-order valence-corrected chi connectivity index (χ3v) is 3.79. The standard InChI is InChI=1S/C15H22F2N2/c1-10(2)15-7-18-11(3)8-19(15)9-12-4-5-13(16)14(17)6-12/h4-6,10-11,15,18H,7-9H2,1-3H3. The molecule has 1 heterocycles. The molecule has 2 unspecified atom stereocenters. The zero-order valence-corrected chi connectivity index (χ0v) is 11.8. The van der Waals surface area contributed by atoms with Gasteiger partial charge in [0.25, 0.3) is 0 Å². The topological polar surface area (TPSA) is 15.3 Å². The molecule has 1 aromatic carbocycles. The van der Waals surface area contributed by atoms with Gasteiger partial charge in [-0.05, 0) is 30.5 Å². The molecule has 1 N–H and O–H groups in total. The average Bonchev–Trinajstić information content (AvgIpc) is 2.33. The van der Waals surface area contributed by atoms with Gasteiger partial charge in [-0.25, -0.2) is 8.78 Å². The molecule has 19 heavy (non-hydrogen) atoms. The van der Waals surface area contributed by atoms with Gasteiger partial charge in [-0.1, -0.05) is 19.9 Å². The first kappa shape index (κ1) is 14.4. The monoisotopic (exact) mass is 268 g/mol. The van der Waals surface area contributed by atoms with Gasteiger partial charge < -0.3 is 5.32 Å². The van der Waals surface area contributed by atoms with E-state index in [0.717, 1.165) is 18.7 Å². The van der Waals surface area contributed by atoms with Gasteiger partial charge in [0, 0.05) is 31.7 Å². The Kier molecular flexibility index (Phi) is 4.53. The number of rotatable bonds is 3. The number of hydrogen-bond acceptors (Lipinski definition) is 2. The molecule has 106 valence electrons. The average molecular weight is 268 g/mol. The molecule has 2 nitrogen and oxygen atoms in total. The molecule has 1 saturated heterocycles. The molecule has 0 spiro atoms. The molecule has 0 saturated carbocycles. The van der Waals surface area contributed by atoms with Gasteiger partial charge in [0.1, 0.15) is 0 Å². The molecule has 0 aliphatic carbocycles. The zero-order chi connectivity index (χ0) is 14.0. The molecule has 2 rings (SSSR count). The third kappa shape index (κ3) is 3.51. The van der Waals surface area contributed by atoms with E-state index in [1.54, 1.807) is 6.07 Å². The van der Waals surface area contributed by atoms with Crippen LogP contribution < -0.4 is 5.32 Å². The minimum absolute atomic E-state index is 0.431. The number of piperazine rings is 1. The van der Waals surface area contributed by atoms with E-state index in [4.69, 9.17) is 0 Å². The summed E-state index contributed by atoms with van der Waals surface area (Å²) in [4.78, 5) is 2.36. The number of halogens is 2. The molecule has 0 radical (unpaired) electrons. The maximum Gasteiger partial charge on any atom is 0.159 e. The highest BCUT2D eigenvalue weighted by atomic mass is 19.2. The van der Waals surface area contributed by atoms with E-state index < -0.39 is 11.6 Å². The molecule has 1 aliphatic rings. The second-order valence-corrected chi connectivity index (χ2v) is 5.80. The van der Waals surface area contributed by atoms with Gasteiger partial charge in [0.15, 0.2) is 11.6 Å². The van der Waals surface area contributed by atoms with Crippen LogP contribution in [-0.4, -0.2) is 30.1 Å². The van der Waals surface area contributed by atoms with Crippen LogP contribution in [0.15, 0.2) is 18.2 Å². The fraction of sp³-hybridized carbons (Fsp3) is 0.600. The Hall–Kier alpha value is -1.00. The number of hydrogen-bond donors (Lipinski definition) is 1. The SMILES string of the molecule is CC1CN(Cc2ccc(F)c(F)c2)C(C(C)C)CN1. The van der Waals surface area contributed by atoms with Crippen molar-refractivity contribution in [1.82, 2.24) is 10.2 Å². The van der Waals surface area contributed by atoms with Crippen LogP contribution in [0.2, 0.25) is 0 Å². The van der Waals surface area contributed by atoms with Crippen LogP contribution in [-0.2, 0) is 6.54 Å². The van der Waals surface area contributed by atoms with Crippen molar-refractivity contribution >= 4 is 0 Å². The van der Waals surface area contributed by atoms with Crippen LogP contribution in [0.4, 0.5) is 8.78 Å². The Labute approximate surface area is 113 Å². The lowest BCUT2D eigenvalue weighted by Gasteiger charge is -2.41. The molecule has 1 aliphatic heterocycles. The van der Waals surface area contributed by atoms with Crippen molar-refractivity contribution in [2.75, 3.05) is 13.1 Å². The lowest BCUT2D eigenvalue weighted by Crippen LogP contribution is -2.56. The van der Waals surface area contributed by atoms with Crippen LogP contribution in [0.1, 0.15) is 26.3 Å². The molecule has 4 heteroatoms. The summed E-state index contributed by atoms with van der Waals surface area (Å²) in [6.45, 7) is 9.09. The van der Waals surface area contributed by atoms with E-state index in [9.17, 15) is 8.78 Å². The summed E-state index contributed by atoms with van der Waals surface area (Å²) in [6.07, 6.45) is 0. The summed E-state index contributed by atoms with van der Waals surface area (Å²) in [7, 11) is 0. The summed E-state index contributed by atoms with van der Waals surface area (Å²) in [5.74, 6) is -1.01. The predicted molar refractivity (Wildman–Crippen MR) is 72.9 cm³/mol. The van der Waals surface area contributed by atoms with Crippen LogP contribution in [0, 0.1) is 17.6 Å². The third-order valence-electron chi connectivity index (χ3n) is 3.79. The predicted octanol–water partition coefficient (Wildman–Crippen LogP) is 2.78.